The summed E-state index contributed by atoms with van der Waals surface area (Å²) in [6, 6.07) is 6.66. The van der Waals surface area contributed by atoms with Gasteiger partial charge in [-0.05, 0) is 41.6 Å². The number of fused-ring (bicyclic) bond motifs is 1. The minimum absolute atomic E-state index is 1.35. The Bertz CT molecular complexity index is 401. The Morgan fingerprint density at radius 1 is 1.33 bits per heavy atom. The van der Waals surface area contributed by atoms with Crippen LogP contribution in [0, 0.1) is 6.92 Å². The molecule has 0 radical (unpaired) electrons. The van der Waals surface area contributed by atoms with E-state index in [1.807, 2.05) is 11.3 Å². The number of hydrogen-bond donors (Lipinski definition) is 0. The van der Waals surface area contributed by atoms with E-state index < -0.39 is 0 Å². The van der Waals surface area contributed by atoms with Crippen molar-refractivity contribution in [1.29, 1.82) is 0 Å². The maximum Gasteiger partial charge on any atom is 0.0356 e. The number of thiophene rings is 1. The highest BCUT2D eigenvalue weighted by Crippen LogP contribution is 2.28. The molecule has 2 heteroatoms. The van der Waals surface area contributed by atoms with Crippen LogP contribution in [0.5, 0.6) is 0 Å². The van der Waals surface area contributed by atoms with E-state index in [4.69, 9.17) is 0 Å². The van der Waals surface area contributed by atoms with E-state index in [1.54, 1.807) is 11.8 Å². The number of benzene rings is 1. The Labute approximate surface area is 80.6 Å². The molecule has 12 heavy (non-hydrogen) atoms. The van der Waals surface area contributed by atoms with Crippen molar-refractivity contribution >= 4 is 33.2 Å². The highest BCUT2D eigenvalue weighted by Gasteiger charge is 1.99. The number of hydrogen-bond acceptors (Lipinski definition) is 2. The molecule has 0 bridgehead atoms. The summed E-state index contributed by atoms with van der Waals surface area (Å²) in [6.45, 7) is 2.16. The van der Waals surface area contributed by atoms with Gasteiger partial charge in [0.25, 0.3) is 0 Å². The summed E-state index contributed by atoms with van der Waals surface area (Å²) >= 11 is 3.63. The molecular formula is C10H10S2. The predicted molar refractivity (Wildman–Crippen MR) is 58.3 cm³/mol. The molecule has 0 aliphatic carbocycles. The SMILES string of the molecule is CSc1ccc2c(C)csc2c1. The lowest BCUT2D eigenvalue weighted by molar-refractivity contribution is 1.51. The van der Waals surface area contributed by atoms with Gasteiger partial charge in [0.15, 0.2) is 0 Å². The lowest BCUT2D eigenvalue weighted by Gasteiger charge is -1.95. The van der Waals surface area contributed by atoms with Gasteiger partial charge in [-0.1, -0.05) is 6.07 Å². The zero-order chi connectivity index (χ0) is 8.55. The number of rotatable bonds is 1. The van der Waals surface area contributed by atoms with Crippen molar-refractivity contribution in [2.24, 2.45) is 0 Å². The summed E-state index contributed by atoms with van der Waals surface area (Å²) in [4.78, 5) is 1.35. The molecule has 0 unspecified atom stereocenters. The first kappa shape index (κ1) is 8.14. The minimum Gasteiger partial charge on any atom is -0.143 e. The first-order valence-electron chi connectivity index (χ1n) is 3.83. The quantitative estimate of drug-likeness (QED) is 0.620. The summed E-state index contributed by atoms with van der Waals surface area (Å²) in [6.07, 6.45) is 2.11. The summed E-state index contributed by atoms with van der Waals surface area (Å²) in [5, 5.41) is 3.62. The van der Waals surface area contributed by atoms with Crippen LogP contribution in [-0.4, -0.2) is 6.26 Å². The molecular weight excluding hydrogens is 184 g/mol. The summed E-state index contributed by atoms with van der Waals surface area (Å²) in [7, 11) is 0. The molecule has 62 valence electrons. The fourth-order valence-electron chi connectivity index (χ4n) is 1.27. The standard InChI is InChI=1S/C10H10S2/c1-7-6-12-10-5-8(11-2)3-4-9(7)10/h3-6H,1-2H3. The molecule has 0 spiro atoms. The van der Waals surface area contributed by atoms with Gasteiger partial charge in [0.1, 0.15) is 0 Å². The number of aryl methyl sites for hydroxylation is 1. The molecule has 1 aromatic carbocycles. The van der Waals surface area contributed by atoms with Crippen molar-refractivity contribution in [3.63, 3.8) is 0 Å². The van der Waals surface area contributed by atoms with Gasteiger partial charge in [-0.25, -0.2) is 0 Å². The second-order valence-electron chi connectivity index (χ2n) is 2.78. The van der Waals surface area contributed by atoms with Crippen LogP contribution in [0.3, 0.4) is 0 Å². The smallest absolute Gasteiger partial charge is 0.0356 e. The molecule has 0 fully saturated rings. The van der Waals surface area contributed by atoms with Crippen molar-refractivity contribution in [3.05, 3.63) is 29.1 Å². The molecule has 0 saturated heterocycles. The largest absolute Gasteiger partial charge is 0.143 e. The summed E-state index contributed by atoms with van der Waals surface area (Å²) in [5.41, 5.74) is 1.39. The summed E-state index contributed by atoms with van der Waals surface area (Å²) in [5.74, 6) is 0. The highest BCUT2D eigenvalue weighted by molar-refractivity contribution is 7.98. The Balaban J connectivity index is 2.69. The van der Waals surface area contributed by atoms with Gasteiger partial charge in [0.05, 0.1) is 0 Å². The minimum atomic E-state index is 1.35. The monoisotopic (exact) mass is 194 g/mol. The number of thioether (sulfide) groups is 1. The molecule has 0 aliphatic rings. The topological polar surface area (TPSA) is 0 Å². The third-order valence-electron chi connectivity index (χ3n) is 1.98. The molecule has 0 amide bonds. The van der Waals surface area contributed by atoms with Crippen LogP contribution in [0.15, 0.2) is 28.5 Å². The van der Waals surface area contributed by atoms with Gasteiger partial charge in [0, 0.05) is 9.60 Å². The van der Waals surface area contributed by atoms with Crippen LogP contribution >= 0.6 is 23.1 Å². The average molecular weight is 194 g/mol. The van der Waals surface area contributed by atoms with Crippen LogP contribution in [-0.2, 0) is 0 Å². The van der Waals surface area contributed by atoms with Crippen molar-refractivity contribution in [1.82, 2.24) is 0 Å². The van der Waals surface area contributed by atoms with E-state index in [1.165, 1.54) is 20.5 Å². The molecule has 0 saturated carbocycles. The fourth-order valence-corrected chi connectivity index (χ4v) is 2.76. The van der Waals surface area contributed by atoms with Gasteiger partial charge in [-0.2, -0.15) is 0 Å². The van der Waals surface area contributed by atoms with Crippen LogP contribution in [0.2, 0.25) is 0 Å². The van der Waals surface area contributed by atoms with E-state index in [9.17, 15) is 0 Å². The average Bonchev–Trinajstić information content (AvgIpc) is 2.47. The molecule has 0 aliphatic heterocycles. The normalized spacial score (nSPS) is 10.8. The van der Waals surface area contributed by atoms with Gasteiger partial charge < -0.3 is 0 Å². The molecule has 2 rings (SSSR count). The second-order valence-corrected chi connectivity index (χ2v) is 4.57. The molecule has 2 aromatic rings. The van der Waals surface area contributed by atoms with Gasteiger partial charge in [-0.3, -0.25) is 0 Å². The van der Waals surface area contributed by atoms with Gasteiger partial charge in [-0.15, -0.1) is 23.1 Å². The van der Waals surface area contributed by atoms with E-state index in [2.05, 4.69) is 36.8 Å². The molecule has 0 N–H and O–H groups in total. The third kappa shape index (κ3) is 1.25. The molecule has 0 atom stereocenters. The first-order chi connectivity index (χ1) is 5.81. The van der Waals surface area contributed by atoms with E-state index in [0.717, 1.165) is 0 Å². The maximum absolute atomic E-state index is 2.26. The predicted octanol–water partition coefficient (Wildman–Crippen LogP) is 3.93. The third-order valence-corrected chi connectivity index (χ3v) is 3.76. The van der Waals surface area contributed by atoms with Crippen molar-refractivity contribution in [3.8, 4) is 0 Å². The van der Waals surface area contributed by atoms with Gasteiger partial charge in [0.2, 0.25) is 0 Å². The van der Waals surface area contributed by atoms with E-state index in [0.29, 0.717) is 0 Å². The maximum atomic E-state index is 2.26. The Hall–Kier alpha value is -0.470. The van der Waals surface area contributed by atoms with Crippen LogP contribution in [0.1, 0.15) is 5.56 Å². The Morgan fingerprint density at radius 3 is 2.92 bits per heavy atom. The van der Waals surface area contributed by atoms with E-state index in [-0.39, 0.29) is 0 Å². The Kier molecular flexibility index (Phi) is 2.11. The lowest BCUT2D eigenvalue weighted by atomic mass is 10.2. The zero-order valence-corrected chi connectivity index (χ0v) is 8.76. The highest BCUT2D eigenvalue weighted by atomic mass is 32.2. The van der Waals surface area contributed by atoms with Crippen LogP contribution in [0.25, 0.3) is 10.1 Å². The van der Waals surface area contributed by atoms with Crippen molar-refractivity contribution < 1.29 is 0 Å². The lowest BCUT2D eigenvalue weighted by Crippen LogP contribution is -1.69. The molecule has 1 aromatic heterocycles. The van der Waals surface area contributed by atoms with E-state index >= 15 is 0 Å². The zero-order valence-electron chi connectivity index (χ0n) is 7.13. The van der Waals surface area contributed by atoms with Gasteiger partial charge >= 0.3 is 0 Å². The second kappa shape index (κ2) is 3.11. The first-order valence-corrected chi connectivity index (χ1v) is 5.93. The van der Waals surface area contributed by atoms with Crippen LogP contribution < -0.4 is 0 Å². The fraction of sp³-hybridized carbons (Fsp3) is 0.200. The van der Waals surface area contributed by atoms with Crippen molar-refractivity contribution in [2.45, 2.75) is 11.8 Å². The Morgan fingerprint density at radius 2 is 2.17 bits per heavy atom. The molecule has 0 nitrogen and oxygen atoms in total. The van der Waals surface area contributed by atoms with Crippen molar-refractivity contribution in [2.75, 3.05) is 6.26 Å². The van der Waals surface area contributed by atoms with Crippen LogP contribution in [0.4, 0.5) is 0 Å². The summed E-state index contributed by atoms with van der Waals surface area (Å²) < 4.78 is 1.40. The molecule has 1 heterocycles.